The smallest absolute Gasteiger partial charge is 0.344 e. The van der Waals surface area contributed by atoms with Crippen LogP contribution >= 0.6 is 0 Å². The van der Waals surface area contributed by atoms with Crippen molar-refractivity contribution in [2.75, 3.05) is 52.9 Å². The maximum atomic E-state index is 14.6. The van der Waals surface area contributed by atoms with Crippen LogP contribution in [-0.4, -0.2) is 178 Å². The molecule has 0 radical (unpaired) electrons. The van der Waals surface area contributed by atoms with Gasteiger partial charge in [0.15, 0.2) is 93.0 Å². The predicted octanol–water partition coefficient (Wildman–Crippen LogP) is 23.9. The molecule has 0 saturated carbocycles. The van der Waals surface area contributed by atoms with Crippen LogP contribution in [0.4, 0.5) is 0 Å². The van der Waals surface area contributed by atoms with Gasteiger partial charge in [-0.1, -0.05) is 132 Å². The summed E-state index contributed by atoms with van der Waals surface area (Å²) in [7, 11) is -26.2. The minimum absolute atomic E-state index is 0.171. The normalized spacial score (nSPS) is 14.3. The Morgan fingerprint density at radius 3 is 0.516 bits per heavy atom. The Hall–Kier alpha value is -3.76. The van der Waals surface area contributed by atoms with Crippen LogP contribution in [0.3, 0.4) is 0 Å². The topological polar surface area (TPSA) is 216 Å². The monoisotopic (exact) mass is 1930 g/mol. The average Bonchev–Trinajstić information content (AvgIpc) is 0.757. The molecule has 0 unspecified atom stereocenters. The number of rotatable bonds is 44. The van der Waals surface area contributed by atoms with Gasteiger partial charge < -0.3 is 70.8 Å². The predicted molar refractivity (Wildman–Crippen MR) is 537 cm³/mol. The molecule has 0 aliphatic heterocycles. The first-order chi connectivity index (χ1) is 55.9. The van der Waals surface area contributed by atoms with Gasteiger partial charge in [-0.15, -0.1) is 0 Å². The number of fused-ring (bicyclic) bond motifs is 8. The molecule has 1 aliphatic rings. The fraction of sp³-hybridized carbons (Fsp3) is 0.696. The summed E-state index contributed by atoms with van der Waals surface area (Å²) in [6.45, 7) is 86.1. The van der Waals surface area contributed by atoms with Gasteiger partial charge in [-0.3, -0.25) is 0 Å². The summed E-state index contributed by atoms with van der Waals surface area (Å²) in [5, 5.41) is 0. The Kier molecular flexibility index (Phi) is 38.7. The largest absolute Gasteiger partial charge is 0.481 e. The summed E-state index contributed by atoms with van der Waals surface area (Å²) < 4.78 is 107. The molecule has 1 aliphatic carbocycles. The van der Waals surface area contributed by atoms with E-state index in [0.717, 1.165) is 90.9 Å². The number of benzene rings is 4. The van der Waals surface area contributed by atoms with Crippen LogP contribution in [0.5, 0.6) is 23.0 Å². The molecule has 5 rings (SSSR count). The van der Waals surface area contributed by atoms with E-state index in [0.29, 0.717) is 48.7 Å². The Morgan fingerprint density at radius 1 is 0.242 bits per heavy atom. The summed E-state index contributed by atoms with van der Waals surface area (Å²) in [4.78, 5) is 58.3. The van der Waals surface area contributed by atoms with Crippen LogP contribution in [0, 0.1) is 0 Å². The van der Waals surface area contributed by atoms with Gasteiger partial charge in [0.1, 0.15) is 23.0 Å². The van der Waals surface area contributed by atoms with E-state index in [1.165, 1.54) is 0 Å². The second kappa shape index (κ2) is 43.3. The van der Waals surface area contributed by atoms with E-state index in [-0.39, 0.29) is 52.1 Å². The van der Waals surface area contributed by atoms with Gasteiger partial charge in [-0.25, -0.2) is 19.2 Å². The molecule has 0 N–H and O–H groups in total. The van der Waals surface area contributed by atoms with E-state index in [2.05, 4.69) is 315 Å². The molecule has 0 fully saturated rings. The maximum absolute atomic E-state index is 14.6. The highest BCUT2D eigenvalue weighted by Crippen LogP contribution is 2.46. The SMILES string of the molecule is CC(C)(C)c1cc2c(OCC(=O)OCCC[Si](C)(C)O[Si](C)(C)O[Si](C)(C)C)c(c1)Cc1cc(C(C)(C)C)cc(c1OCC(=O)OCCC[Si](C)(C)O[Si](C)(C)O[Si](C)(C)C)Cc1cc(C(C)(C)C)cc(c1OCC(=O)OCCC[Si](C)(C)O[Si](C)(C)O[Si](C)(C)C)Cc1cc(C(C)(C)C)cc(c1OCC(=O)OCCC[Si](C)(C)O[Si](C)(C)O[Si](C)(C)C)C2. The number of carbonyl (C=O) groups is 4. The number of ether oxygens (including phenoxy) is 8. The zero-order chi connectivity index (χ0) is 94.7. The van der Waals surface area contributed by atoms with Crippen molar-refractivity contribution in [3.63, 3.8) is 0 Å². The Morgan fingerprint density at radius 2 is 0.387 bits per heavy atom. The van der Waals surface area contributed by atoms with Crippen molar-refractivity contribution in [3.05, 3.63) is 115 Å². The van der Waals surface area contributed by atoms with Gasteiger partial charge >= 0.3 is 58.1 Å². The van der Waals surface area contributed by atoms with Gasteiger partial charge in [0.05, 0.1) is 26.4 Å². The fourth-order valence-electron chi connectivity index (χ4n) is 16.7. The van der Waals surface area contributed by atoms with E-state index < -0.39 is 173 Å². The lowest BCUT2D eigenvalue weighted by Crippen LogP contribution is -2.51. The Bertz CT molecular complexity index is 3610. The fourth-order valence-corrected chi connectivity index (χ4v) is 69.4. The van der Waals surface area contributed by atoms with Crippen molar-refractivity contribution in [2.24, 2.45) is 0 Å². The second-order valence-electron chi connectivity index (χ2n) is 46.6. The molecule has 0 spiro atoms. The molecule has 0 saturated heterocycles. The minimum atomic E-state index is -2.44. The molecule has 0 aromatic heterocycles. The molecule has 704 valence electrons. The van der Waals surface area contributed by atoms with E-state index in [9.17, 15) is 19.2 Å². The molecule has 32 heteroatoms. The van der Waals surface area contributed by atoms with Crippen LogP contribution in [0.2, 0.25) is 207 Å². The van der Waals surface area contributed by atoms with Crippen molar-refractivity contribution in [3.8, 4) is 23.0 Å². The number of hydrogen-bond acceptors (Lipinski definition) is 20. The Labute approximate surface area is 763 Å². The van der Waals surface area contributed by atoms with Gasteiger partial charge in [0.25, 0.3) is 0 Å². The van der Waals surface area contributed by atoms with Crippen LogP contribution in [0.15, 0.2) is 48.5 Å². The van der Waals surface area contributed by atoms with E-state index >= 15 is 0 Å². The molecule has 20 nitrogen and oxygen atoms in total. The average molecular weight is 1930 g/mol. The highest BCUT2D eigenvalue weighted by Gasteiger charge is 2.43. The quantitative estimate of drug-likeness (QED) is 0.0153. The lowest BCUT2D eigenvalue weighted by Gasteiger charge is -2.37. The van der Waals surface area contributed by atoms with Crippen LogP contribution in [0.1, 0.15) is 176 Å². The standard InChI is InChI=1S/C92H168O20Si12/c1-89(2,3)77-57-69-53-71-59-78(90(4,5)6)61-73(86(71)102-66-82(94)98-46-42-50-118(27,28)110-122(35,36)106-114(16,17)18)55-75-63-80(92(10,11)12)64-76(88(75)104-68-84(96)100-48-44-52-120(31,32)112-124(39,40)108-116(22,23)24)56-74-62-79(91(7,8)9)60-72(87(74)103-67-83(95)99-47-43-51-119(29,30)111-123(37,38)107-115(19,20)21)54-70(58-77)85(69)101-65-81(93)97-45-41-49-117(25,26)109-121(33,34)105-113(13,14)15/h57-64H,41-56,65-68H2,1-40H3. The van der Waals surface area contributed by atoms with Gasteiger partial charge in [0, 0.05) is 25.7 Å². The summed E-state index contributed by atoms with van der Waals surface area (Å²) in [6, 6.07) is 20.4. The van der Waals surface area contributed by atoms with Crippen LogP contribution in [-0.2, 0) is 118 Å². The van der Waals surface area contributed by atoms with Gasteiger partial charge in [-0.05, 0) is 322 Å². The number of carbonyl (C=O) groups excluding carboxylic acids is 4. The zero-order valence-electron chi connectivity index (χ0n) is 84.9. The minimum Gasteiger partial charge on any atom is -0.481 e. The first kappa shape index (κ1) is 111. The number of esters is 4. The molecule has 0 amide bonds. The van der Waals surface area contributed by atoms with Gasteiger partial charge in [-0.2, -0.15) is 0 Å². The van der Waals surface area contributed by atoms with Crippen LogP contribution < -0.4 is 18.9 Å². The van der Waals surface area contributed by atoms with Crippen molar-refractivity contribution in [1.82, 2.24) is 0 Å². The second-order valence-corrected chi connectivity index (χ2v) is 97.3. The molecule has 8 bridgehead atoms. The highest BCUT2D eigenvalue weighted by molar-refractivity contribution is 6.90. The molecule has 4 aromatic carbocycles. The van der Waals surface area contributed by atoms with Gasteiger partial charge in [0.2, 0.25) is 0 Å². The van der Waals surface area contributed by atoms with E-state index in [1.54, 1.807) is 0 Å². The van der Waals surface area contributed by atoms with Crippen LogP contribution in [0.25, 0.3) is 0 Å². The van der Waals surface area contributed by atoms with Crippen molar-refractivity contribution in [1.29, 1.82) is 0 Å². The van der Waals surface area contributed by atoms with Crippen molar-refractivity contribution >= 4 is 125 Å². The molecular formula is C92H168O20Si12. The van der Waals surface area contributed by atoms with Crippen molar-refractivity contribution in [2.45, 2.75) is 364 Å². The number of hydrogen-bond donors (Lipinski definition) is 0. The maximum Gasteiger partial charge on any atom is 0.344 e. The van der Waals surface area contributed by atoms with Crippen molar-refractivity contribution < 1.29 is 90.0 Å². The zero-order valence-corrected chi connectivity index (χ0v) is 96.9. The van der Waals surface area contributed by atoms with E-state index in [1.807, 2.05) is 0 Å². The summed E-state index contributed by atoms with van der Waals surface area (Å²) in [5.41, 5.74) is 8.24. The Balaban J connectivity index is 1.84. The molecule has 0 heterocycles. The first-order valence-electron chi connectivity index (χ1n) is 45.3. The third kappa shape index (κ3) is 40.5. The third-order valence-electron chi connectivity index (χ3n) is 20.3. The lowest BCUT2D eigenvalue weighted by molar-refractivity contribution is -0.146. The molecule has 4 aromatic rings. The summed E-state index contributed by atoms with van der Waals surface area (Å²) in [6.07, 6.45) is 3.20. The summed E-state index contributed by atoms with van der Waals surface area (Å²) in [5.74, 6) is -0.243. The first-order valence-corrected chi connectivity index (χ1v) is 82.7. The van der Waals surface area contributed by atoms with E-state index in [4.69, 9.17) is 70.8 Å². The summed E-state index contributed by atoms with van der Waals surface area (Å²) >= 11 is 0. The lowest BCUT2D eigenvalue weighted by atomic mass is 9.79. The molecule has 124 heavy (non-hydrogen) atoms. The molecule has 0 atom stereocenters. The molecular weight excluding hydrogens is 1760 g/mol. The highest BCUT2D eigenvalue weighted by atomic mass is 28.5. The third-order valence-corrected chi connectivity index (χ3v) is 60.9.